The number of aliphatic hydroxyl groups is 1. The Bertz CT molecular complexity index is 2850. The van der Waals surface area contributed by atoms with Gasteiger partial charge in [0, 0.05) is 74.8 Å². The maximum absolute atomic E-state index is 14.5. The summed E-state index contributed by atoms with van der Waals surface area (Å²) in [5.74, 6) is 3.20. The summed E-state index contributed by atoms with van der Waals surface area (Å²) in [6.45, 7) is 13.1. The molecule has 2 aromatic heterocycles. The summed E-state index contributed by atoms with van der Waals surface area (Å²) >= 11 is 2.76. The van der Waals surface area contributed by atoms with Gasteiger partial charge in [0.25, 0.3) is 11.8 Å². The number of benzene rings is 3. The number of fused-ring (bicyclic) bond motifs is 1. The highest BCUT2D eigenvalue weighted by Crippen LogP contribution is 2.38. The first-order chi connectivity index (χ1) is 34.4. The molecule has 3 aliphatic heterocycles. The van der Waals surface area contributed by atoms with Crippen molar-refractivity contribution < 1.29 is 38.6 Å². The van der Waals surface area contributed by atoms with Gasteiger partial charge >= 0.3 is 0 Å². The molecule has 72 heavy (non-hydrogen) atoms. The minimum Gasteiger partial charge on any atom is -0.508 e. The van der Waals surface area contributed by atoms with Crippen molar-refractivity contribution in [2.24, 2.45) is 5.41 Å². The Balaban J connectivity index is 0.807. The summed E-state index contributed by atoms with van der Waals surface area (Å²) in [5, 5.41) is 32.1. The van der Waals surface area contributed by atoms with Gasteiger partial charge in [-0.2, -0.15) is 0 Å². The summed E-state index contributed by atoms with van der Waals surface area (Å²) in [6.07, 6.45) is 2.05. The fourth-order valence-corrected chi connectivity index (χ4v) is 10.8. The second-order valence-electron chi connectivity index (χ2n) is 19.6. The van der Waals surface area contributed by atoms with Crippen molar-refractivity contribution in [2.45, 2.75) is 90.7 Å². The summed E-state index contributed by atoms with van der Waals surface area (Å²) in [7, 11) is 0. The van der Waals surface area contributed by atoms with Crippen LogP contribution in [0, 0.1) is 30.0 Å². The van der Waals surface area contributed by atoms with Crippen LogP contribution >= 0.6 is 22.7 Å². The highest BCUT2D eigenvalue weighted by molar-refractivity contribution is 7.14. The van der Waals surface area contributed by atoms with Crippen molar-refractivity contribution in [1.82, 2.24) is 40.2 Å². The number of nitrogens with one attached hydrogen (secondary N) is 3. The van der Waals surface area contributed by atoms with Crippen LogP contribution in [0.25, 0.3) is 10.4 Å². The van der Waals surface area contributed by atoms with Crippen LogP contribution < -0.4 is 16.0 Å². The molecule has 5 atom stereocenters. The number of carbonyl (C=O) groups excluding carboxylic acids is 5. The van der Waals surface area contributed by atoms with Crippen LogP contribution in [-0.2, 0) is 25.7 Å². The van der Waals surface area contributed by atoms with Gasteiger partial charge in [0.15, 0.2) is 5.13 Å². The van der Waals surface area contributed by atoms with Crippen molar-refractivity contribution in [3.05, 3.63) is 117 Å². The molecule has 5 N–H and O–H groups in total. The lowest BCUT2D eigenvalue weighted by atomic mass is 9.85. The van der Waals surface area contributed by atoms with Gasteiger partial charge < -0.3 is 35.5 Å². The lowest BCUT2D eigenvalue weighted by molar-refractivity contribution is -0.144. The summed E-state index contributed by atoms with van der Waals surface area (Å²) < 4.78 is 14.5. The topological polar surface area (TPSA) is 201 Å². The summed E-state index contributed by atoms with van der Waals surface area (Å²) in [6, 6.07) is 13.0. The molecule has 5 aromatic rings. The Hall–Kier alpha value is -6.56. The SMILES string of the molecule is Cc1ncsc1-c1ccc(C(C)NC(=O)[C@@H]2C[C@@H](O)CN2C(=O)C(NC(=O)CN2CCN(CCCC#Cc3cccc4c3C(=O)N(C(C(=O)Nc3nccs3)c3cc(F)ccc3O)C4)CC2)C(C)(C)C)cc1. The molecule has 19 heteroatoms. The van der Waals surface area contributed by atoms with E-state index in [4.69, 9.17) is 0 Å². The summed E-state index contributed by atoms with van der Waals surface area (Å²) in [4.78, 5) is 86.0. The van der Waals surface area contributed by atoms with Crippen LogP contribution in [0.1, 0.15) is 97.3 Å². The number of aryl methyl sites for hydroxylation is 1. The van der Waals surface area contributed by atoms with E-state index in [0.717, 1.165) is 66.0 Å². The number of β-amino-alcohol motifs (C(OH)–C–C–N with tert-alkyl or cyclic N) is 1. The molecule has 3 unspecified atom stereocenters. The Kier molecular flexibility index (Phi) is 16.2. The molecule has 2 fully saturated rings. The van der Waals surface area contributed by atoms with E-state index in [-0.39, 0.29) is 55.2 Å². The predicted molar refractivity (Wildman–Crippen MR) is 273 cm³/mol. The molecule has 0 aliphatic carbocycles. The maximum atomic E-state index is 14.5. The van der Waals surface area contributed by atoms with Crippen LogP contribution in [0.5, 0.6) is 5.75 Å². The van der Waals surface area contributed by atoms with E-state index in [1.54, 1.807) is 34.9 Å². The van der Waals surface area contributed by atoms with Crippen LogP contribution in [-0.4, -0.2) is 133 Å². The quantitative estimate of drug-likeness (QED) is 0.0621. The molecule has 3 aromatic carbocycles. The van der Waals surface area contributed by atoms with E-state index >= 15 is 0 Å². The monoisotopic (exact) mass is 1020 g/mol. The van der Waals surface area contributed by atoms with Crippen molar-refractivity contribution in [2.75, 3.05) is 51.1 Å². The third-order valence-electron chi connectivity index (χ3n) is 13.4. The number of hydrogen-bond acceptors (Lipinski definition) is 13. The number of unbranched alkanes of at least 4 members (excludes halogenated alkanes) is 1. The predicted octanol–water partition coefficient (Wildman–Crippen LogP) is 5.87. The zero-order valence-corrected chi connectivity index (χ0v) is 42.6. The number of halogens is 1. The van der Waals surface area contributed by atoms with Gasteiger partial charge in [-0.25, -0.2) is 14.4 Å². The van der Waals surface area contributed by atoms with Crippen LogP contribution in [0.4, 0.5) is 9.52 Å². The standard InChI is InChI=1S/C53H60FN9O7S2/c1-32(34-13-15-36(16-14-34)46-33(2)56-31-72-46)57-48(67)41-27-39(64)29-62(41)51(70)47(53(3,4)5)58-43(66)30-61-23-21-60(22-24-61)20-8-6-7-10-35-11-9-12-37-28-63(50(69)44(35)37)45(40-26-38(54)17-18-42(40)65)49(68)59-52-55-19-25-71-52/h9,11-19,25-26,31-32,39,41,45,47,64-65H,6,8,20-24,27-30H2,1-5H3,(H,57,67)(H,58,66)(H,55,59,68)/t32?,39-,41+,45?,47?/m1/s1. The molecule has 8 rings (SSSR count). The van der Waals surface area contributed by atoms with E-state index in [2.05, 4.69) is 47.6 Å². The minimum atomic E-state index is -1.35. The number of aliphatic hydroxyl groups excluding tert-OH is 1. The minimum absolute atomic E-state index is 0.0141. The first-order valence-corrected chi connectivity index (χ1v) is 25.8. The highest BCUT2D eigenvalue weighted by atomic mass is 32.1. The first-order valence-electron chi connectivity index (χ1n) is 24.1. The molecular formula is C53H60FN9O7S2. The van der Waals surface area contributed by atoms with Gasteiger partial charge in [-0.05, 0) is 73.2 Å². The second-order valence-corrected chi connectivity index (χ2v) is 21.4. The number of thiazole rings is 2. The molecule has 16 nitrogen and oxygen atoms in total. The van der Waals surface area contributed by atoms with Crippen LogP contribution in [0.15, 0.2) is 77.8 Å². The number of phenols is 1. The van der Waals surface area contributed by atoms with E-state index in [1.807, 2.05) is 64.4 Å². The zero-order chi connectivity index (χ0) is 51.3. The first kappa shape index (κ1) is 51.8. The number of anilines is 1. The average Bonchev–Trinajstić information content (AvgIpc) is 4.17. The van der Waals surface area contributed by atoms with Crippen molar-refractivity contribution >= 4 is 57.3 Å². The number of rotatable bonds is 15. The van der Waals surface area contributed by atoms with Gasteiger partial charge in [0.05, 0.1) is 40.3 Å². The van der Waals surface area contributed by atoms with Crippen LogP contribution in [0.2, 0.25) is 0 Å². The van der Waals surface area contributed by atoms with Gasteiger partial charge in [-0.15, -0.1) is 22.7 Å². The Morgan fingerprint density at radius 1 is 0.972 bits per heavy atom. The molecule has 378 valence electrons. The number of hydrogen-bond donors (Lipinski definition) is 5. The fraction of sp³-hybridized carbons (Fsp3) is 0.415. The average molecular weight is 1020 g/mol. The van der Waals surface area contributed by atoms with E-state index in [1.165, 1.54) is 27.3 Å². The van der Waals surface area contributed by atoms with Crippen molar-refractivity contribution in [1.29, 1.82) is 0 Å². The van der Waals surface area contributed by atoms with E-state index < -0.39 is 53.2 Å². The number of aromatic nitrogens is 2. The highest BCUT2D eigenvalue weighted by Gasteiger charge is 2.45. The van der Waals surface area contributed by atoms with Crippen LogP contribution in [0.3, 0.4) is 0 Å². The molecule has 0 saturated carbocycles. The molecule has 0 spiro atoms. The smallest absolute Gasteiger partial charge is 0.256 e. The molecule has 5 heterocycles. The number of piperazine rings is 1. The lowest BCUT2D eigenvalue weighted by Gasteiger charge is -2.37. The van der Waals surface area contributed by atoms with Crippen molar-refractivity contribution in [3.8, 4) is 28.0 Å². The molecule has 0 radical (unpaired) electrons. The largest absolute Gasteiger partial charge is 0.508 e. The number of carbonyl (C=O) groups is 5. The van der Waals surface area contributed by atoms with Crippen molar-refractivity contribution in [3.63, 3.8) is 0 Å². The third-order valence-corrected chi connectivity index (χ3v) is 15.0. The summed E-state index contributed by atoms with van der Waals surface area (Å²) in [5.41, 5.74) is 5.51. The number of amides is 5. The normalized spacial score (nSPS) is 18.5. The third kappa shape index (κ3) is 12.0. The molecule has 5 amide bonds. The maximum Gasteiger partial charge on any atom is 0.256 e. The lowest BCUT2D eigenvalue weighted by Crippen LogP contribution is -2.59. The van der Waals surface area contributed by atoms with E-state index in [0.29, 0.717) is 41.3 Å². The molecule has 0 bridgehead atoms. The number of likely N-dealkylation sites (tertiary alicyclic amines) is 1. The Morgan fingerprint density at radius 3 is 2.42 bits per heavy atom. The van der Waals surface area contributed by atoms with Gasteiger partial charge in [-0.3, -0.25) is 34.2 Å². The van der Waals surface area contributed by atoms with Gasteiger partial charge in [0.1, 0.15) is 29.7 Å². The van der Waals surface area contributed by atoms with E-state index in [9.17, 15) is 38.6 Å². The second kappa shape index (κ2) is 22.5. The number of phenolic OH excluding ortho intramolecular Hbond substituents is 1. The molecule has 3 aliphatic rings. The number of nitrogens with zero attached hydrogens (tertiary/aromatic N) is 6. The van der Waals surface area contributed by atoms with Gasteiger partial charge in [0.2, 0.25) is 17.7 Å². The fourth-order valence-electron chi connectivity index (χ4n) is 9.50. The Labute approximate surface area is 426 Å². The molecular weight excluding hydrogens is 958 g/mol. The number of aromatic hydroxyl groups is 1. The van der Waals surface area contributed by atoms with Gasteiger partial charge in [-0.1, -0.05) is 69.0 Å². The Morgan fingerprint density at radius 2 is 1.72 bits per heavy atom. The molecule has 2 saturated heterocycles. The zero-order valence-electron chi connectivity index (χ0n) is 41.0.